The number of hydrogen-bond acceptors (Lipinski definition) is 4. The highest BCUT2D eigenvalue weighted by atomic mass is 16.6. The lowest BCUT2D eigenvalue weighted by atomic mass is 9.91. The summed E-state index contributed by atoms with van der Waals surface area (Å²) in [6, 6.07) is 0. The van der Waals surface area contributed by atoms with Crippen LogP contribution in [0.4, 0.5) is 4.79 Å². The Kier molecular flexibility index (Phi) is 3.47. The fourth-order valence-corrected chi connectivity index (χ4v) is 2.83. The average molecular weight is 269 g/mol. The molecule has 1 heterocycles. The Morgan fingerprint density at radius 3 is 2.37 bits per heavy atom. The van der Waals surface area contributed by atoms with Gasteiger partial charge in [-0.15, -0.1) is 0 Å². The highest BCUT2D eigenvalue weighted by Gasteiger charge is 2.58. The van der Waals surface area contributed by atoms with Crippen molar-refractivity contribution in [3.8, 4) is 0 Å². The molecule has 6 heteroatoms. The topological polar surface area (TPSA) is 84.7 Å². The third-order valence-corrected chi connectivity index (χ3v) is 4.06. The first-order valence-electron chi connectivity index (χ1n) is 6.76. The van der Waals surface area contributed by atoms with E-state index >= 15 is 0 Å². The second kappa shape index (κ2) is 4.67. The number of piperidine rings is 1. The third kappa shape index (κ3) is 3.00. The molecule has 2 fully saturated rings. The molecule has 2 amide bonds. The van der Waals surface area contributed by atoms with Crippen LogP contribution in [0.5, 0.6) is 0 Å². The van der Waals surface area contributed by atoms with Crippen LogP contribution in [0.25, 0.3) is 0 Å². The van der Waals surface area contributed by atoms with Crippen molar-refractivity contribution >= 4 is 12.0 Å². The smallest absolute Gasteiger partial charge is 0.410 e. The van der Waals surface area contributed by atoms with E-state index in [1.165, 1.54) is 0 Å². The van der Waals surface area contributed by atoms with Crippen LogP contribution < -0.4 is 11.3 Å². The largest absolute Gasteiger partial charge is 0.444 e. The molecule has 1 aliphatic carbocycles. The van der Waals surface area contributed by atoms with E-state index in [9.17, 15) is 9.59 Å². The van der Waals surface area contributed by atoms with Gasteiger partial charge >= 0.3 is 6.09 Å². The number of likely N-dealkylation sites (tertiary alicyclic amines) is 1. The number of carbonyl (C=O) groups is 2. The van der Waals surface area contributed by atoms with Gasteiger partial charge in [-0.25, -0.2) is 10.6 Å². The summed E-state index contributed by atoms with van der Waals surface area (Å²) >= 11 is 0. The number of nitrogens with zero attached hydrogens (tertiary/aromatic N) is 1. The fourth-order valence-electron chi connectivity index (χ4n) is 2.83. The van der Waals surface area contributed by atoms with Gasteiger partial charge in [-0.3, -0.25) is 10.2 Å². The molecule has 0 aromatic heterocycles. The molecule has 0 radical (unpaired) electrons. The van der Waals surface area contributed by atoms with Gasteiger partial charge in [0, 0.05) is 19.0 Å². The predicted molar refractivity (Wildman–Crippen MR) is 69.9 cm³/mol. The zero-order chi connectivity index (χ0) is 14.3. The first kappa shape index (κ1) is 14.1. The maximum atomic E-state index is 11.9. The van der Waals surface area contributed by atoms with E-state index in [0.29, 0.717) is 13.1 Å². The molecule has 0 aromatic carbocycles. The van der Waals surface area contributed by atoms with Gasteiger partial charge in [-0.2, -0.15) is 0 Å². The molecule has 6 nitrogen and oxygen atoms in total. The fraction of sp³-hybridized carbons (Fsp3) is 0.846. The van der Waals surface area contributed by atoms with Crippen molar-refractivity contribution in [2.24, 2.45) is 17.2 Å². The number of amides is 2. The van der Waals surface area contributed by atoms with Gasteiger partial charge in [-0.1, -0.05) is 0 Å². The van der Waals surface area contributed by atoms with Gasteiger partial charge in [-0.05, 0) is 45.4 Å². The van der Waals surface area contributed by atoms with Gasteiger partial charge in [0.05, 0.1) is 0 Å². The van der Waals surface area contributed by atoms with Gasteiger partial charge in [0.2, 0.25) is 5.91 Å². The van der Waals surface area contributed by atoms with Crippen molar-refractivity contribution in [3.05, 3.63) is 0 Å². The SMILES string of the molecule is CC(C)(C)OC(=O)N1CCC2(CC1)C[C@@H]2C(=O)NN. The van der Waals surface area contributed by atoms with Gasteiger partial charge in [0.1, 0.15) is 5.60 Å². The van der Waals surface area contributed by atoms with Crippen LogP contribution in [0, 0.1) is 11.3 Å². The Balaban J connectivity index is 1.84. The molecule has 1 atom stereocenters. The molecule has 2 aliphatic rings. The number of hydrazine groups is 1. The highest BCUT2D eigenvalue weighted by molar-refractivity contribution is 5.82. The minimum Gasteiger partial charge on any atom is -0.444 e. The normalized spacial score (nSPS) is 25.1. The summed E-state index contributed by atoms with van der Waals surface area (Å²) in [7, 11) is 0. The Labute approximate surface area is 113 Å². The van der Waals surface area contributed by atoms with Crippen molar-refractivity contribution in [2.75, 3.05) is 13.1 Å². The Morgan fingerprint density at radius 1 is 1.32 bits per heavy atom. The maximum Gasteiger partial charge on any atom is 0.410 e. The predicted octanol–water partition coefficient (Wildman–Crippen LogP) is 1.01. The van der Waals surface area contributed by atoms with Crippen LogP contribution >= 0.6 is 0 Å². The Bertz CT molecular complexity index is 381. The first-order chi connectivity index (χ1) is 8.77. The minimum absolute atomic E-state index is 0.0262. The van der Waals surface area contributed by atoms with E-state index in [1.807, 2.05) is 20.8 Å². The van der Waals surface area contributed by atoms with E-state index in [-0.39, 0.29) is 23.3 Å². The lowest BCUT2D eigenvalue weighted by molar-refractivity contribution is -0.123. The third-order valence-electron chi connectivity index (χ3n) is 4.06. The number of hydrogen-bond donors (Lipinski definition) is 2. The standard InChI is InChI=1S/C13H23N3O3/c1-12(2,3)19-11(18)16-6-4-13(5-7-16)8-9(13)10(17)15-14/h9H,4-8,14H2,1-3H3,(H,15,17)/t9-/m1/s1. The van der Waals surface area contributed by atoms with Gasteiger partial charge < -0.3 is 9.64 Å². The molecule has 1 saturated heterocycles. The Hall–Kier alpha value is -1.30. The summed E-state index contributed by atoms with van der Waals surface area (Å²) in [5, 5.41) is 0. The van der Waals surface area contributed by atoms with Gasteiger partial charge in [0.25, 0.3) is 0 Å². The van der Waals surface area contributed by atoms with Crippen molar-refractivity contribution in [1.29, 1.82) is 0 Å². The van der Waals surface area contributed by atoms with Crippen LogP contribution in [0.3, 0.4) is 0 Å². The number of ether oxygens (including phenoxy) is 1. The number of carbonyl (C=O) groups excluding carboxylic acids is 2. The van der Waals surface area contributed by atoms with Crippen LogP contribution in [-0.2, 0) is 9.53 Å². The van der Waals surface area contributed by atoms with E-state index in [2.05, 4.69) is 5.43 Å². The molecule has 0 unspecified atom stereocenters. The summed E-state index contributed by atoms with van der Waals surface area (Å²) in [4.78, 5) is 25.2. The molecule has 1 aliphatic heterocycles. The van der Waals surface area contributed by atoms with E-state index < -0.39 is 5.60 Å². The molecule has 0 bridgehead atoms. The molecular formula is C13H23N3O3. The zero-order valence-electron chi connectivity index (χ0n) is 11.9. The Morgan fingerprint density at radius 2 is 1.89 bits per heavy atom. The molecule has 1 saturated carbocycles. The molecular weight excluding hydrogens is 246 g/mol. The van der Waals surface area contributed by atoms with E-state index in [0.717, 1.165) is 19.3 Å². The minimum atomic E-state index is -0.465. The average Bonchev–Trinajstić information content (AvgIpc) is 3.01. The summed E-state index contributed by atoms with van der Waals surface area (Å²) in [6.45, 7) is 6.89. The second-order valence-electron chi connectivity index (χ2n) is 6.60. The lowest BCUT2D eigenvalue weighted by Gasteiger charge is -2.34. The van der Waals surface area contributed by atoms with Crippen molar-refractivity contribution in [3.63, 3.8) is 0 Å². The number of nitrogens with one attached hydrogen (secondary N) is 1. The van der Waals surface area contributed by atoms with Crippen LogP contribution in [0.15, 0.2) is 0 Å². The second-order valence-corrected chi connectivity index (χ2v) is 6.60. The van der Waals surface area contributed by atoms with Crippen LogP contribution in [-0.4, -0.2) is 35.6 Å². The molecule has 3 N–H and O–H groups in total. The van der Waals surface area contributed by atoms with Crippen LogP contribution in [0.2, 0.25) is 0 Å². The van der Waals surface area contributed by atoms with Crippen molar-refractivity contribution in [2.45, 2.75) is 45.6 Å². The maximum absolute atomic E-state index is 11.9. The van der Waals surface area contributed by atoms with Gasteiger partial charge in [0.15, 0.2) is 0 Å². The van der Waals surface area contributed by atoms with Crippen LogP contribution in [0.1, 0.15) is 40.0 Å². The molecule has 108 valence electrons. The zero-order valence-corrected chi connectivity index (χ0v) is 11.9. The van der Waals surface area contributed by atoms with E-state index in [1.54, 1.807) is 4.90 Å². The lowest BCUT2D eigenvalue weighted by Crippen LogP contribution is -2.43. The molecule has 2 rings (SSSR count). The quantitative estimate of drug-likeness (QED) is 0.423. The number of rotatable bonds is 1. The highest BCUT2D eigenvalue weighted by Crippen LogP contribution is 2.59. The van der Waals surface area contributed by atoms with Crippen molar-refractivity contribution in [1.82, 2.24) is 10.3 Å². The molecule has 19 heavy (non-hydrogen) atoms. The first-order valence-corrected chi connectivity index (χ1v) is 6.76. The summed E-state index contributed by atoms with van der Waals surface area (Å²) < 4.78 is 5.35. The summed E-state index contributed by atoms with van der Waals surface area (Å²) in [5.41, 5.74) is 1.83. The monoisotopic (exact) mass is 269 g/mol. The summed E-state index contributed by atoms with van der Waals surface area (Å²) in [6.07, 6.45) is 2.33. The number of nitrogens with two attached hydrogens (primary N) is 1. The van der Waals surface area contributed by atoms with Crippen molar-refractivity contribution < 1.29 is 14.3 Å². The summed E-state index contributed by atoms with van der Waals surface area (Å²) in [5.74, 6) is 5.11. The van der Waals surface area contributed by atoms with E-state index in [4.69, 9.17) is 10.6 Å². The molecule has 1 spiro atoms. The molecule has 0 aromatic rings.